The van der Waals surface area contributed by atoms with Gasteiger partial charge in [0, 0.05) is 39.0 Å². The summed E-state index contributed by atoms with van der Waals surface area (Å²) in [6.07, 6.45) is 8.10. The Balaban J connectivity index is 0.00000169. The summed E-state index contributed by atoms with van der Waals surface area (Å²) < 4.78 is 5.28. The number of amides is 1. The van der Waals surface area contributed by atoms with E-state index >= 15 is 0 Å². The average molecular weight is 405 g/mol. The molecule has 3 heterocycles. The lowest BCUT2D eigenvalue weighted by molar-refractivity contribution is -0.129. The number of carbonyl (C=O) groups excluding carboxylic acids is 1. The summed E-state index contributed by atoms with van der Waals surface area (Å²) in [6, 6.07) is 4.10. The van der Waals surface area contributed by atoms with Gasteiger partial charge in [0.05, 0.1) is 5.54 Å². The lowest BCUT2D eigenvalue weighted by Crippen LogP contribution is -2.56. The van der Waals surface area contributed by atoms with Gasteiger partial charge in [-0.15, -0.1) is 24.8 Å². The molecule has 0 radical (unpaired) electrons. The molecule has 0 bridgehead atoms. The molecule has 1 aromatic heterocycles. The average Bonchev–Trinajstić information content (AvgIpc) is 2.90. The van der Waals surface area contributed by atoms with Gasteiger partial charge in [-0.05, 0) is 37.3 Å². The van der Waals surface area contributed by atoms with Gasteiger partial charge in [-0.25, -0.2) is 4.98 Å². The zero-order chi connectivity index (χ0) is 16.8. The molecular weight excluding hydrogens is 375 g/mol. The summed E-state index contributed by atoms with van der Waals surface area (Å²) in [7, 11) is 0. The molecule has 2 fully saturated rings. The molecular formula is C18H30Cl2N4O2. The number of hydrogen-bond acceptors (Lipinski definition) is 5. The Morgan fingerprint density at radius 3 is 2.38 bits per heavy atom. The fourth-order valence-electron chi connectivity index (χ4n) is 3.33. The monoisotopic (exact) mass is 404 g/mol. The molecule has 0 spiro atoms. The van der Waals surface area contributed by atoms with Gasteiger partial charge in [0.1, 0.15) is 5.82 Å². The van der Waals surface area contributed by atoms with Crippen LogP contribution >= 0.6 is 24.8 Å². The first-order chi connectivity index (χ1) is 11.7. The van der Waals surface area contributed by atoms with E-state index in [4.69, 9.17) is 10.5 Å². The quantitative estimate of drug-likeness (QED) is 0.804. The van der Waals surface area contributed by atoms with Gasteiger partial charge >= 0.3 is 0 Å². The topological polar surface area (TPSA) is 80.5 Å². The van der Waals surface area contributed by atoms with Crippen LogP contribution in [-0.4, -0.2) is 42.7 Å². The fraction of sp³-hybridized carbons (Fsp3) is 0.667. The number of anilines is 1. The Morgan fingerprint density at radius 2 is 1.81 bits per heavy atom. The van der Waals surface area contributed by atoms with Gasteiger partial charge in [-0.2, -0.15) is 0 Å². The van der Waals surface area contributed by atoms with Crippen molar-refractivity contribution in [2.24, 2.45) is 5.73 Å². The van der Waals surface area contributed by atoms with Crippen LogP contribution in [-0.2, 0) is 16.1 Å². The minimum atomic E-state index is -0.794. The van der Waals surface area contributed by atoms with E-state index in [0.717, 1.165) is 24.5 Å². The van der Waals surface area contributed by atoms with Crippen molar-refractivity contribution in [3.05, 3.63) is 23.9 Å². The molecule has 0 unspecified atom stereocenters. The Hall–Kier alpha value is -1.08. The van der Waals surface area contributed by atoms with E-state index in [1.165, 1.54) is 25.7 Å². The second-order valence-corrected chi connectivity index (χ2v) is 6.88. The first-order valence-electron chi connectivity index (χ1n) is 9.02. The van der Waals surface area contributed by atoms with E-state index in [1.54, 1.807) is 0 Å². The Morgan fingerprint density at radius 1 is 1.15 bits per heavy atom. The maximum absolute atomic E-state index is 12.3. The molecule has 0 atom stereocenters. The molecule has 8 heteroatoms. The van der Waals surface area contributed by atoms with Gasteiger partial charge < -0.3 is 20.7 Å². The van der Waals surface area contributed by atoms with Crippen molar-refractivity contribution in [3.8, 4) is 0 Å². The minimum Gasteiger partial charge on any atom is -0.381 e. The molecule has 0 aliphatic carbocycles. The number of pyridine rings is 1. The van der Waals surface area contributed by atoms with Gasteiger partial charge in [-0.1, -0.05) is 18.9 Å². The first-order valence-corrected chi connectivity index (χ1v) is 9.02. The van der Waals surface area contributed by atoms with Crippen molar-refractivity contribution in [2.75, 3.05) is 31.2 Å². The zero-order valence-electron chi connectivity index (χ0n) is 15.1. The van der Waals surface area contributed by atoms with E-state index in [1.807, 2.05) is 12.3 Å². The van der Waals surface area contributed by atoms with Gasteiger partial charge in [0.2, 0.25) is 5.91 Å². The largest absolute Gasteiger partial charge is 0.381 e. The number of ether oxygens (including phenoxy) is 1. The van der Waals surface area contributed by atoms with Crippen molar-refractivity contribution < 1.29 is 9.53 Å². The lowest BCUT2D eigenvalue weighted by Gasteiger charge is -2.31. The van der Waals surface area contributed by atoms with Gasteiger partial charge in [-0.3, -0.25) is 4.79 Å². The van der Waals surface area contributed by atoms with E-state index in [0.29, 0.717) is 32.6 Å². The molecule has 1 aromatic rings. The van der Waals surface area contributed by atoms with Crippen LogP contribution in [0, 0.1) is 0 Å². The number of nitrogens with two attached hydrogens (primary N) is 1. The molecule has 26 heavy (non-hydrogen) atoms. The third kappa shape index (κ3) is 5.98. The Kier molecular flexibility index (Phi) is 9.64. The number of rotatable bonds is 4. The number of halogens is 2. The van der Waals surface area contributed by atoms with Gasteiger partial charge in [0.15, 0.2) is 0 Å². The van der Waals surface area contributed by atoms with Crippen LogP contribution < -0.4 is 16.0 Å². The van der Waals surface area contributed by atoms with E-state index < -0.39 is 5.54 Å². The number of aromatic nitrogens is 1. The van der Waals surface area contributed by atoms with Crippen molar-refractivity contribution in [3.63, 3.8) is 0 Å². The first kappa shape index (κ1) is 23.0. The van der Waals surface area contributed by atoms with Crippen LogP contribution in [0.3, 0.4) is 0 Å². The molecule has 0 saturated carbocycles. The van der Waals surface area contributed by atoms with Crippen molar-refractivity contribution in [1.82, 2.24) is 10.3 Å². The van der Waals surface area contributed by atoms with Gasteiger partial charge in [0.25, 0.3) is 0 Å². The standard InChI is InChI=1S/C18H28N4O2.2ClH/c19-18(7-11-24-12-8-18)17(23)21-14-15-5-6-16(20-13-15)22-9-3-1-2-4-10-22;;/h5-6,13H,1-4,7-12,14,19H2,(H,21,23);2*1H. The summed E-state index contributed by atoms with van der Waals surface area (Å²) in [5, 5.41) is 2.95. The molecule has 1 amide bonds. The molecule has 3 rings (SSSR count). The third-order valence-electron chi connectivity index (χ3n) is 5.03. The normalized spacial score (nSPS) is 19.5. The van der Waals surface area contributed by atoms with Crippen molar-refractivity contribution in [2.45, 2.75) is 50.6 Å². The summed E-state index contributed by atoms with van der Waals surface area (Å²) in [6.45, 7) is 3.74. The van der Waals surface area contributed by atoms with Crippen LogP contribution in [0.5, 0.6) is 0 Å². The van der Waals surface area contributed by atoms with Crippen LogP contribution in [0.2, 0.25) is 0 Å². The lowest BCUT2D eigenvalue weighted by atomic mass is 9.90. The smallest absolute Gasteiger partial charge is 0.240 e. The molecule has 3 N–H and O–H groups in total. The summed E-state index contributed by atoms with van der Waals surface area (Å²) in [4.78, 5) is 19.3. The summed E-state index contributed by atoms with van der Waals surface area (Å²) in [5.74, 6) is 0.939. The predicted molar refractivity (Wildman–Crippen MR) is 108 cm³/mol. The Bertz CT molecular complexity index is 543. The SMILES string of the molecule is Cl.Cl.NC1(C(=O)NCc2ccc(N3CCCCCC3)nc2)CCOCC1. The third-order valence-corrected chi connectivity index (χ3v) is 5.03. The number of carbonyl (C=O) groups is 1. The molecule has 2 saturated heterocycles. The fourth-order valence-corrected chi connectivity index (χ4v) is 3.33. The second-order valence-electron chi connectivity index (χ2n) is 6.88. The van der Waals surface area contributed by atoms with Crippen LogP contribution in [0.1, 0.15) is 44.1 Å². The summed E-state index contributed by atoms with van der Waals surface area (Å²) >= 11 is 0. The highest BCUT2D eigenvalue weighted by atomic mass is 35.5. The maximum atomic E-state index is 12.3. The Labute approximate surface area is 168 Å². The van der Waals surface area contributed by atoms with Crippen LogP contribution in [0.25, 0.3) is 0 Å². The zero-order valence-corrected chi connectivity index (χ0v) is 16.7. The molecule has 6 nitrogen and oxygen atoms in total. The molecule has 2 aliphatic rings. The van der Waals surface area contributed by atoms with Crippen molar-refractivity contribution in [1.29, 1.82) is 0 Å². The van der Waals surface area contributed by atoms with Crippen molar-refractivity contribution >= 4 is 36.5 Å². The molecule has 0 aromatic carbocycles. The van der Waals surface area contributed by atoms with E-state index in [9.17, 15) is 4.79 Å². The maximum Gasteiger partial charge on any atom is 0.240 e. The minimum absolute atomic E-state index is 0. The van der Waals surface area contributed by atoms with Crippen LogP contribution in [0.4, 0.5) is 5.82 Å². The van der Waals surface area contributed by atoms with E-state index in [2.05, 4.69) is 21.3 Å². The van der Waals surface area contributed by atoms with E-state index in [-0.39, 0.29) is 30.7 Å². The number of hydrogen-bond donors (Lipinski definition) is 2. The summed E-state index contributed by atoms with van der Waals surface area (Å²) in [5.41, 5.74) is 6.39. The highest BCUT2D eigenvalue weighted by molar-refractivity contribution is 5.86. The number of nitrogens with zero attached hydrogens (tertiary/aromatic N) is 2. The molecule has 148 valence electrons. The molecule has 2 aliphatic heterocycles. The van der Waals surface area contributed by atoms with Crippen LogP contribution in [0.15, 0.2) is 18.3 Å². The highest BCUT2D eigenvalue weighted by Crippen LogP contribution is 2.19. The second kappa shape index (κ2) is 10.9. The number of nitrogens with one attached hydrogen (secondary N) is 1. The highest BCUT2D eigenvalue weighted by Gasteiger charge is 2.35. The predicted octanol–water partition coefficient (Wildman–Crippen LogP) is 2.43.